The van der Waals surface area contributed by atoms with E-state index in [1.807, 2.05) is 18.2 Å². The minimum Gasteiger partial charge on any atom is -0.503 e. The molecule has 0 aliphatic heterocycles. The minimum atomic E-state index is -0.528. The third kappa shape index (κ3) is 5.98. The number of halogens is 2. The fraction of sp³-hybridized carbons (Fsp3) is 0.120. The quantitative estimate of drug-likeness (QED) is 0.209. The highest BCUT2D eigenvalue weighted by Gasteiger charge is 2.17. The molecule has 0 radical (unpaired) electrons. The van der Waals surface area contributed by atoms with Crippen molar-refractivity contribution in [2.24, 2.45) is 0 Å². The average molecular weight is 484 g/mol. The van der Waals surface area contributed by atoms with Gasteiger partial charge >= 0.3 is 5.97 Å². The van der Waals surface area contributed by atoms with Crippen molar-refractivity contribution in [2.45, 2.75) is 6.61 Å². The third-order valence-corrected chi connectivity index (χ3v) is 5.08. The van der Waals surface area contributed by atoms with Gasteiger partial charge in [-0.25, -0.2) is 4.79 Å². The molecule has 33 heavy (non-hydrogen) atoms. The van der Waals surface area contributed by atoms with Crippen molar-refractivity contribution in [2.75, 3.05) is 14.2 Å². The maximum atomic E-state index is 12.2. The Kier molecular flexibility index (Phi) is 8.20. The summed E-state index contributed by atoms with van der Waals surface area (Å²) < 4.78 is 21.6. The number of carbonyl (C=O) groups is 1. The predicted octanol–water partition coefficient (Wildman–Crippen LogP) is 6.40. The number of methoxy groups -OCH3 is 2. The van der Waals surface area contributed by atoms with E-state index in [1.165, 1.54) is 20.5 Å². The number of rotatable bonds is 8. The van der Waals surface area contributed by atoms with Crippen LogP contribution in [0, 0.1) is 11.3 Å². The van der Waals surface area contributed by atoms with Gasteiger partial charge in [0.25, 0.3) is 0 Å². The van der Waals surface area contributed by atoms with E-state index >= 15 is 0 Å². The second-order valence-electron chi connectivity index (χ2n) is 6.66. The van der Waals surface area contributed by atoms with E-state index in [0.717, 1.165) is 5.56 Å². The van der Waals surface area contributed by atoms with Gasteiger partial charge in [0.1, 0.15) is 23.7 Å². The van der Waals surface area contributed by atoms with Crippen LogP contribution in [-0.2, 0) is 20.9 Å². The summed E-state index contributed by atoms with van der Waals surface area (Å²) in [6.07, 6.45) is 1.33. The van der Waals surface area contributed by atoms with Gasteiger partial charge in [-0.15, -0.1) is 0 Å². The Labute approximate surface area is 201 Å². The molecule has 0 aliphatic rings. The molecule has 0 saturated carbocycles. The van der Waals surface area contributed by atoms with Crippen LogP contribution in [0.4, 0.5) is 0 Å². The highest BCUT2D eigenvalue weighted by molar-refractivity contribution is 6.37. The van der Waals surface area contributed by atoms with Gasteiger partial charge in [-0.1, -0.05) is 47.5 Å². The van der Waals surface area contributed by atoms with Gasteiger partial charge < -0.3 is 18.9 Å². The largest absolute Gasteiger partial charge is 0.503 e. The molecule has 0 unspecified atom stereocenters. The number of nitriles is 1. The van der Waals surface area contributed by atoms with Crippen LogP contribution in [-0.4, -0.2) is 20.2 Å². The molecule has 0 amide bonds. The summed E-state index contributed by atoms with van der Waals surface area (Å²) in [6.45, 7) is 0.136. The Balaban J connectivity index is 1.80. The zero-order chi connectivity index (χ0) is 23.8. The van der Waals surface area contributed by atoms with Gasteiger partial charge in [0.2, 0.25) is 0 Å². The molecule has 0 aromatic heterocycles. The molecule has 3 aromatic rings. The Morgan fingerprint density at radius 3 is 2.27 bits per heavy atom. The zero-order valence-electron chi connectivity index (χ0n) is 17.8. The molecule has 8 heteroatoms. The monoisotopic (exact) mass is 483 g/mol. The highest BCUT2D eigenvalue weighted by Crippen LogP contribution is 2.40. The van der Waals surface area contributed by atoms with Gasteiger partial charge in [0.15, 0.2) is 5.75 Å². The molecule has 0 atom stereocenters. The molecule has 0 bridgehead atoms. The SMILES string of the molecule is COC=C(C(=O)OC)c1ccccc1COc1cc(Cl)c(Oc2ccc(C#N)cc2)c(Cl)c1. The number of esters is 1. The fourth-order valence-corrected chi connectivity index (χ4v) is 3.50. The highest BCUT2D eigenvalue weighted by atomic mass is 35.5. The van der Waals surface area contributed by atoms with Crippen molar-refractivity contribution < 1.29 is 23.7 Å². The second kappa shape index (κ2) is 11.3. The number of nitrogens with zero attached hydrogens (tertiary/aromatic N) is 1. The topological polar surface area (TPSA) is 77.8 Å². The molecule has 0 spiro atoms. The summed E-state index contributed by atoms with van der Waals surface area (Å²) in [5.74, 6) is 0.648. The van der Waals surface area contributed by atoms with Crippen LogP contribution in [0.1, 0.15) is 16.7 Å². The van der Waals surface area contributed by atoms with Crippen molar-refractivity contribution in [1.29, 1.82) is 5.26 Å². The molecule has 3 rings (SSSR count). The molecular weight excluding hydrogens is 465 g/mol. The molecule has 3 aromatic carbocycles. The van der Waals surface area contributed by atoms with Crippen LogP contribution in [0.3, 0.4) is 0 Å². The van der Waals surface area contributed by atoms with Gasteiger partial charge in [0.05, 0.1) is 42.2 Å². The van der Waals surface area contributed by atoms with Crippen LogP contribution in [0.25, 0.3) is 5.57 Å². The lowest BCUT2D eigenvalue weighted by atomic mass is 10.0. The van der Waals surface area contributed by atoms with E-state index in [2.05, 4.69) is 0 Å². The maximum absolute atomic E-state index is 12.2. The van der Waals surface area contributed by atoms with E-state index < -0.39 is 5.97 Å². The van der Waals surface area contributed by atoms with Crippen molar-refractivity contribution in [3.05, 3.63) is 93.7 Å². The van der Waals surface area contributed by atoms with E-state index in [9.17, 15) is 4.79 Å². The Morgan fingerprint density at radius 2 is 1.67 bits per heavy atom. The standard InChI is InChI=1S/C25H19Cl2NO5/c1-30-15-21(25(29)31-2)20-6-4-3-5-17(20)14-32-19-11-22(26)24(23(27)12-19)33-18-9-7-16(13-28)8-10-18/h3-12,15H,14H2,1-2H3. The summed E-state index contributed by atoms with van der Waals surface area (Å²) in [6, 6.07) is 19.0. The fourth-order valence-electron chi connectivity index (χ4n) is 2.95. The molecule has 0 saturated heterocycles. The molecular formula is C25H19Cl2NO5. The first-order chi connectivity index (χ1) is 16.0. The predicted molar refractivity (Wildman–Crippen MR) is 125 cm³/mol. The van der Waals surface area contributed by atoms with Crippen LogP contribution < -0.4 is 9.47 Å². The van der Waals surface area contributed by atoms with E-state index in [-0.39, 0.29) is 28.0 Å². The number of hydrogen-bond donors (Lipinski definition) is 0. The summed E-state index contributed by atoms with van der Waals surface area (Å²) in [7, 11) is 2.75. The summed E-state index contributed by atoms with van der Waals surface area (Å²) >= 11 is 12.8. The zero-order valence-corrected chi connectivity index (χ0v) is 19.3. The third-order valence-electron chi connectivity index (χ3n) is 4.52. The maximum Gasteiger partial charge on any atom is 0.341 e. The lowest BCUT2D eigenvalue weighted by Gasteiger charge is -2.15. The van der Waals surface area contributed by atoms with E-state index in [0.29, 0.717) is 22.6 Å². The van der Waals surface area contributed by atoms with E-state index in [4.69, 9.17) is 47.4 Å². The molecule has 6 nitrogen and oxygen atoms in total. The second-order valence-corrected chi connectivity index (χ2v) is 7.47. The first-order valence-corrected chi connectivity index (χ1v) is 10.4. The first kappa shape index (κ1) is 24.0. The number of ether oxygens (including phenoxy) is 4. The lowest BCUT2D eigenvalue weighted by Crippen LogP contribution is -2.08. The average Bonchev–Trinajstić information content (AvgIpc) is 2.83. The van der Waals surface area contributed by atoms with Crippen LogP contribution in [0.2, 0.25) is 10.0 Å². The minimum absolute atomic E-state index is 0.136. The van der Waals surface area contributed by atoms with Gasteiger partial charge in [-0.3, -0.25) is 0 Å². The molecule has 0 fully saturated rings. The Hall–Kier alpha value is -3.66. The number of hydrogen-bond acceptors (Lipinski definition) is 6. The first-order valence-electron chi connectivity index (χ1n) is 9.66. The van der Waals surface area contributed by atoms with Crippen molar-refractivity contribution in [3.63, 3.8) is 0 Å². The van der Waals surface area contributed by atoms with Crippen molar-refractivity contribution in [1.82, 2.24) is 0 Å². The summed E-state index contributed by atoms with van der Waals surface area (Å²) in [4.78, 5) is 12.2. The molecule has 0 N–H and O–H groups in total. The number of benzene rings is 3. The van der Waals surface area contributed by atoms with Gasteiger partial charge in [0, 0.05) is 12.1 Å². The molecule has 0 aliphatic carbocycles. The summed E-state index contributed by atoms with van der Waals surface area (Å²) in [5.41, 5.74) is 2.13. The smallest absolute Gasteiger partial charge is 0.341 e. The number of carbonyl (C=O) groups excluding carboxylic acids is 1. The Morgan fingerprint density at radius 1 is 1.00 bits per heavy atom. The molecule has 168 valence electrons. The van der Waals surface area contributed by atoms with Crippen molar-refractivity contribution in [3.8, 4) is 23.3 Å². The Bertz CT molecular complexity index is 1190. The van der Waals surface area contributed by atoms with E-state index in [1.54, 1.807) is 48.5 Å². The van der Waals surface area contributed by atoms with Crippen LogP contribution >= 0.6 is 23.2 Å². The van der Waals surface area contributed by atoms with Gasteiger partial charge in [-0.2, -0.15) is 5.26 Å². The van der Waals surface area contributed by atoms with Crippen molar-refractivity contribution >= 4 is 34.7 Å². The molecule has 0 heterocycles. The summed E-state index contributed by atoms with van der Waals surface area (Å²) in [5, 5.41) is 9.41. The lowest BCUT2D eigenvalue weighted by molar-refractivity contribution is -0.133. The van der Waals surface area contributed by atoms with Crippen LogP contribution in [0.15, 0.2) is 66.9 Å². The normalized spacial score (nSPS) is 10.8. The van der Waals surface area contributed by atoms with Gasteiger partial charge in [-0.05, 0) is 35.4 Å². The van der Waals surface area contributed by atoms with Crippen LogP contribution in [0.5, 0.6) is 17.2 Å².